The number of carbonyl (C=O) groups is 1. The van der Waals surface area contributed by atoms with Crippen LogP contribution in [0.2, 0.25) is 0 Å². The number of para-hydroxylation sites is 1. The smallest absolute Gasteiger partial charge is 0.354 e. The molecule has 0 fully saturated rings. The molecule has 5 heteroatoms. The van der Waals surface area contributed by atoms with Gasteiger partial charge in [-0.15, -0.1) is 0 Å². The van der Waals surface area contributed by atoms with Gasteiger partial charge in [-0.3, -0.25) is 0 Å². The molecule has 2 rings (SSSR count). The summed E-state index contributed by atoms with van der Waals surface area (Å²) in [6.45, 7) is 0. The number of hydrogen-bond acceptors (Lipinski definition) is 4. The number of methoxy groups -OCH3 is 1. The quantitative estimate of drug-likeness (QED) is 0.360. The maximum Gasteiger partial charge on any atom is 0.354 e. The van der Waals surface area contributed by atoms with Crippen LogP contribution in [0.15, 0.2) is 35.6 Å². The van der Waals surface area contributed by atoms with Gasteiger partial charge in [-0.05, 0) is 11.6 Å². The lowest BCUT2D eigenvalue weighted by atomic mass is 10.1. The summed E-state index contributed by atoms with van der Waals surface area (Å²) in [5, 5.41) is 4.52. The van der Waals surface area contributed by atoms with Gasteiger partial charge in [0.15, 0.2) is 0 Å². The minimum atomic E-state index is -0.502. The summed E-state index contributed by atoms with van der Waals surface area (Å²) in [7, 11) is 1.31. The van der Waals surface area contributed by atoms with Gasteiger partial charge >= 0.3 is 5.97 Å². The highest BCUT2D eigenvalue weighted by Crippen LogP contribution is 2.18. The summed E-state index contributed by atoms with van der Waals surface area (Å²) in [4.78, 5) is 14.5. The third-order valence-electron chi connectivity index (χ3n) is 2.61. The Kier molecular flexibility index (Phi) is 3.09. The van der Waals surface area contributed by atoms with E-state index in [-0.39, 0.29) is 5.71 Å². The molecule has 1 aromatic carbocycles. The molecule has 0 atom stereocenters. The second-order valence-corrected chi connectivity index (χ2v) is 3.60. The zero-order valence-electron chi connectivity index (χ0n) is 9.43. The molecule has 1 aromatic heterocycles. The highest BCUT2D eigenvalue weighted by molar-refractivity contribution is 6.37. The van der Waals surface area contributed by atoms with E-state index >= 15 is 0 Å². The van der Waals surface area contributed by atoms with Crippen molar-refractivity contribution in [2.45, 2.75) is 6.42 Å². The lowest BCUT2D eigenvalue weighted by Gasteiger charge is -2.01. The SMILES string of the molecule is COC(=O)C(Cc1c[nH]c2ccccc12)=NN. The zero-order chi connectivity index (χ0) is 12.3. The number of nitrogens with two attached hydrogens (primary N) is 1. The van der Waals surface area contributed by atoms with Crippen LogP contribution in [0.25, 0.3) is 10.9 Å². The van der Waals surface area contributed by atoms with Crippen LogP contribution < -0.4 is 5.84 Å². The van der Waals surface area contributed by atoms with Crippen LogP contribution in [-0.4, -0.2) is 23.8 Å². The first-order chi connectivity index (χ1) is 8.26. The Hall–Kier alpha value is -2.30. The third kappa shape index (κ3) is 2.13. The largest absolute Gasteiger partial charge is 0.464 e. The van der Waals surface area contributed by atoms with Crippen LogP contribution in [0.3, 0.4) is 0 Å². The number of hydrogen-bond donors (Lipinski definition) is 2. The van der Waals surface area contributed by atoms with E-state index in [1.807, 2.05) is 30.5 Å². The van der Waals surface area contributed by atoms with Crippen LogP contribution in [-0.2, 0) is 16.0 Å². The molecule has 0 saturated carbocycles. The summed E-state index contributed by atoms with van der Waals surface area (Å²) in [5.41, 5.74) is 2.19. The number of nitrogens with one attached hydrogen (secondary N) is 1. The van der Waals surface area contributed by atoms with Gasteiger partial charge in [0.1, 0.15) is 5.71 Å². The lowest BCUT2D eigenvalue weighted by Crippen LogP contribution is -2.20. The number of ether oxygens (including phenoxy) is 1. The molecule has 88 valence electrons. The van der Waals surface area contributed by atoms with Crippen LogP contribution in [0.4, 0.5) is 0 Å². The fourth-order valence-electron chi connectivity index (χ4n) is 1.75. The van der Waals surface area contributed by atoms with Gasteiger partial charge in [0.05, 0.1) is 7.11 Å². The van der Waals surface area contributed by atoms with Crippen molar-refractivity contribution in [2.24, 2.45) is 10.9 Å². The Balaban J connectivity index is 2.32. The van der Waals surface area contributed by atoms with E-state index in [9.17, 15) is 4.79 Å². The number of hydrazone groups is 1. The number of esters is 1. The van der Waals surface area contributed by atoms with Crippen LogP contribution in [0, 0.1) is 0 Å². The topological polar surface area (TPSA) is 80.5 Å². The van der Waals surface area contributed by atoms with Crippen LogP contribution in [0.1, 0.15) is 5.56 Å². The van der Waals surface area contributed by atoms with Crippen molar-refractivity contribution in [3.63, 3.8) is 0 Å². The summed E-state index contributed by atoms with van der Waals surface area (Å²) < 4.78 is 4.60. The molecule has 3 N–H and O–H groups in total. The molecule has 5 nitrogen and oxygen atoms in total. The standard InChI is InChI=1S/C12H13N3O2/c1-17-12(16)11(15-13)6-8-7-14-10-5-3-2-4-9(8)10/h2-5,7,14H,6,13H2,1H3. The van der Waals surface area contributed by atoms with Crippen molar-refractivity contribution in [2.75, 3.05) is 7.11 Å². The maximum absolute atomic E-state index is 11.4. The van der Waals surface area contributed by atoms with Crippen LogP contribution in [0.5, 0.6) is 0 Å². The number of aromatic amines is 1. The zero-order valence-corrected chi connectivity index (χ0v) is 9.43. The Labute approximate surface area is 98.3 Å². The van der Waals surface area contributed by atoms with E-state index in [2.05, 4.69) is 14.8 Å². The summed E-state index contributed by atoms with van der Waals surface area (Å²) in [6, 6.07) is 7.83. The minimum Gasteiger partial charge on any atom is -0.464 e. The van der Waals surface area contributed by atoms with E-state index in [0.29, 0.717) is 6.42 Å². The van der Waals surface area contributed by atoms with Crippen molar-refractivity contribution in [1.29, 1.82) is 0 Å². The van der Waals surface area contributed by atoms with Crippen molar-refractivity contribution in [3.05, 3.63) is 36.0 Å². The Morgan fingerprint density at radius 3 is 2.94 bits per heavy atom. The number of fused-ring (bicyclic) bond motifs is 1. The van der Waals surface area contributed by atoms with E-state index in [0.717, 1.165) is 16.5 Å². The first-order valence-electron chi connectivity index (χ1n) is 5.16. The molecule has 0 unspecified atom stereocenters. The minimum absolute atomic E-state index is 0.206. The Bertz CT molecular complexity index is 572. The molecular formula is C12H13N3O2. The third-order valence-corrected chi connectivity index (χ3v) is 2.61. The van der Waals surface area contributed by atoms with Gasteiger partial charge in [0.25, 0.3) is 0 Å². The van der Waals surface area contributed by atoms with E-state index in [1.54, 1.807) is 0 Å². The van der Waals surface area contributed by atoms with E-state index in [1.165, 1.54) is 7.11 Å². The fraction of sp³-hybridized carbons (Fsp3) is 0.167. The van der Waals surface area contributed by atoms with Gasteiger partial charge in [0, 0.05) is 23.5 Å². The number of benzene rings is 1. The number of nitrogens with zero attached hydrogens (tertiary/aromatic N) is 1. The lowest BCUT2D eigenvalue weighted by molar-refractivity contribution is -0.132. The maximum atomic E-state index is 11.4. The number of carbonyl (C=O) groups excluding carboxylic acids is 1. The highest BCUT2D eigenvalue weighted by Gasteiger charge is 2.14. The molecule has 1 heterocycles. The molecule has 0 aliphatic rings. The molecule has 0 aliphatic carbocycles. The molecule has 0 radical (unpaired) electrons. The first-order valence-corrected chi connectivity index (χ1v) is 5.16. The summed E-state index contributed by atoms with van der Waals surface area (Å²) in [6.07, 6.45) is 2.20. The molecule has 2 aromatic rings. The van der Waals surface area contributed by atoms with Crippen molar-refractivity contribution < 1.29 is 9.53 Å². The summed E-state index contributed by atoms with van der Waals surface area (Å²) >= 11 is 0. The molecule has 0 saturated heterocycles. The van der Waals surface area contributed by atoms with E-state index < -0.39 is 5.97 Å². The molecule has 0 aliphatic heterocycles. The second kappa shape index (κ2) is 4.69. The fourth-order valence-corrected chi connectivity index (χ4v) is 1.75. The van der Waals surface area contributed by atoms with Gasteiger partial charge in [-0.25, -0.2) is 4.79 Å². The van der Waals surface area contributed by atoms with Crippen molar-refractivity contribution >= 4 is 22.6 Å². The van der Waals surface area contributed by atoms with Crippen molar-refractivity contribution in [1.82, 2.24) is 4.98 Å². The predicted molar refractivity (Wildman–Crippen MR) is 65.6 cm³/mol. The normalized spacial score (nSPS) is 11.7. The van der Waals surface area contributed by atoms with Gasteiger partial charge < -0.3 is 15.6 Å². The second-order valence-electron chi connectivity index (χ2n) is 3.60. The van der Waals surface area contributed by atoms with Gasteiger partial charge in [-0.1, -0.05) is 18.2 Å². The molecule has 0 bridgehead atoms. The predicted octanol–water partition coefficient (Wildman–Crippen LogP) is 1.20. The van der Waals surface area contributed by atoms with E-state index in [4.69, 9.17) is 5.84 Å². The summed E-state index contributed by atoms with van der Waals surface area (Å²) in [5.74, 6) is 4.68. The number of aromatic nitrogens is 1. The molecule has 0 amide bonds. The number of rotatable bonds is 3. The molecular weight excluding hydrogens is 218 g/mol. The average Bonchev–Trinajstić information content (AvgIpc) is 2.78. The first kappa shape index (κ1) is 11.2. The Morgan fingerprint density at radius 2 is 2.24 bits per heavy atom. The number of H-pyrrole nitrogens is 1. The van der Waals surface area contributed by atoms with Crippen LogP contribution >= 0.6 is 0 Å². The Morgan fingerprint density at radius 1 is 1.47 bits per heavy atom. The van der Waals surface area contributed by atoms with Crippen molar-refractivity contribution in [3.8, 4) is 0 Å². The highest BCUT2D eigenvalue weighted by atomic mass is 16.5. The monoisotopic (exact) mass is 231 g/mol. The molecule has 0 spiro atoms. The van der Waals surface area contributed by atoms with Gasteiger partial charge in [-0.2, -0.15) is 5.10 Å². The molecule has 17 heavy (non-hydrogen) atoms. The van der Waals surface area contributed by atoms with Gasteiger partial charge in [0.2, 0.25) is 0 Å². The average molecular weight is 231 g/mol.